The third-order valence-electron chi connectivity index (χ3n) is 4.95. The number of nitrogens with zero attached hydrogens (tertiary/aromatic N) is 3. The van der Waals surface area contributed by atoms with Gasteiger partial charge >= 0.3 is 0 Å². The molecule has 34 heavy (non-hydrogen) atoms. The molecule has 0 spiro atoms. The third kappa shape index (κ3) is 7.11. The number of anilines is 1. The zero-order valence-electron chi connectivity index (χ0n) is 19.4. The van der Waals surface area contributed by atoms with Gasteiger partial charge in [0.2, 0.25) is 5.91 Å². The average molecular weight is 530 g/mol. The summed E-state index contributed by atoms with van der Waals surface area (Å²) in [5.74, 6) is -0.551. The second-order valence-corrected chi connectivity index (χ2v) is 10.9. The van der Waals surface area contributed by atoms with E-state index in [1.807, 2.05) is 44.1 Å². The molecule has 0 N–H and O–H groups in total. The predicted molar refractivity (Wildman–Crippen MR) is 137 cm³/mol. The lowest BCUT2D eigenvalue weighted by molar-refractivity contribution is -0.118. The number of ether oxygens (including phenoxy) is 1. The number of thiazole rings is 1. The Balaban J connectivity index is 0.00000408. The number of para-hydroxylation sites is 1. The van der Waals surface area contributed by atoms with Crippen LogP contribution in [0.3, 0.4) is 0 Å². The van der Waals surface area contributed by atoms with E-state index < -0.39 is 15.7 Å². The van der Waals surface area contributed by atoms with Crippen LogP contribution in [0.25, 0.3) is 10.2 Å². The first-order valence-corrected chi connectivity index (χ1v) is 13.1. The fourth-order valence-electron chi connectivity index (χ4n) is 3.29. The number of halogens is 2. The Morgan fingerprint density at radius 1 is 1.12 bits per heavy atom. The molecule has 3 rings (SSSR count). The van der Waals surface area contributed by atoms with Gasteiger partial charge < -0.3 is 9.64 Å². The minimum absolute atomic E-state index is 0. The predicted octanol–water partition coefficient (Wildman–Crippen LogP) is 4.40. The number of amides is 1. The summed E-state index contributed by atoms with van der Waals surface area (Å²) in [7, 11) is 0.184. The molecule has 0 unspecified atom stereocenters. The maximum absolute atomic E-state index is 13.2. The molecule has 11 heteroatoms. The van der Waals surface area contributed by atoms with Crippen molar-refractivity contribution in [1.82, 2.24) is 9.88 Å². The van der Waals surface area contributed by atoms with Gasteiger partial charge in [-0.15, -0.1) is 12.4 Å². The second kappa shape index (κ2) is 12.4. The number of hydrogen-bond acceptors (Lipinski definition) is 7. The van der Waals surface area contributed by atoms with Gasteiger partial charge in [0.15, 0.2) is 15.0 Å². The van der Waals surface area contributed by atoms with Crippen molar-refractivity contribution >= 4 is 54.8 Å². The summed E-state index contributed by atoms with van der Waals surface area (Å²) in [6.07, 6.45) is 0.508. The summed E-state index contributed by atoms with van der Waals surface area (Å²) in [6.45, 7) is 3.58. The number of carbonyl (C=O) groups is 1. The highest BCUT2D eigenvalue weighted by atomic mass is 35.5. The zero-order valence-corrected chi connectivity index (χ0v) is 21.8. The third-order valence-corrected chi connectivity index (χ3v) is 7.72. The molecule has 1 aromatic heterocycles. The highest BCUT2D eigenvalue weighted by Gasteiger charge is 2.24. The van der Waals surface area contributed by atoms with E-state index in [0.717, 1.165) is 23.4 Å². The van der Waals surface area contributed by atoms with Gasteiger partial charge in [-0.2, -0.15) is 0 Å². The fraction of sp³-hybridized carbons (Fsp3) is 0.391. The van der Waals surface area contributed by atoms with E-state index in [1.54, 1.807) is 4.90 Å². The van der Waals surface area contributed by atoms with Crippen molar-refractivity contribution in [3.8, 4) is 5.75 Å². The van der Waals surface area contributed by atoms with Crippen LogP contribution >= 0.6 is 23.7 Å². The van der Waals surface area contributed by atoms with Crippen molar-refractivity contribution in [2.24, 2.45) is 0 Å². The van der Waals surface area contributed by atoms with Gasteiger partial charge in [0.1, 0.15) is 17.1 Å². The summed E-state index contributed by atoms with van der Waals surface area (Å²) >= 11 is 1.37. The molecule has 0 saturated heterocycles. The number of carbonyl (C=O) groups excluding carboxylic acids is 1. The molecule has 186 valence electrons. The van der Waals surface area contributed by atoms with E-state index in [2.05, 4.69) is 4.98 Å². The second-order valence-electron chi connectivity index (χ2n) is 7.76. The lowest BCUT2D eigenvalue weighted by atomic mass is 10.3. The maximum Gasteiger partial charge on any atom is 0.229 e. The van der Waals surface area contributed by atoms with Crippen LogP contribution in [0.1, 0.15) is 19.8 Å². The number of hydrogen-bond donors (Lipinski definition) is 0. The van der Waals surface area contributed by atoms with Crippen LogP contribution in [0.2, 0.25) is 0 Å². The summed E-state index contributed by atoms with van der Waals surface area (Å²) < 4.78 is 45.0. The van der Waals surface area contributed by atoms with E-state index in [4.69, 9.17) is 4.74 Å². The van der Waals surface area contributed by atoms with Crippen molar-refractivity contribution in [2.45, 2.75) is 24.7 Å². The summed E-state index contributed by atoms with van der Waals surface area (Å²) in [5, 5.41) is 0.514. The Kier molecular flexibility index (Phi) is 10.2. The number of sulfone groups is 1. The number of fused-ring (bicyclic) bond motifs is 1. The summed E-state index contributed by atoms with van der Waals surface area (Å²) in [4.78, 5) is 21.4. The van der Waals surface area contributed by atoms with Gasteiger partial charge in [0, 0.05) is 13.0 Å². The van der Waals surface area contributed by atoms with E-state index in [9.17, 15) is 17.6 Å². The van der Waals surface area contributed by atoms with Crippen molar-refractivity contribution in [2.75, 3.05) is 44.4 Å². The Morgan fingerprint density at radius 2 is 1.82 bits per heavy atom. The van der Waals surface area contributed by atoms with Crippen molar-refractivity contribution in [1.29, 1.82) is 0 Å². The Morgan fingerprint density at radius 3 is 2.47 bits per heavy atom. The monoisotopic (exact) mass is 529 g/mol. The van der Waals surface area contributed by atoms with Crippen LogP contribution in [0, 0.1) is 5.82 Å². The van der Waals surface area contributed by atoms with Gasteiger partial charge in [0.05, 0.1) is 22.0 Å². The molecule has 0 fully saturated rings. The van der Waals surface area contributed by atoms with Crippen molar-refractivity contribution in [3.05, 3.63) is 48.3 Å². The SMILES string of the molecule is CCOc1cccc2sc(N(CCCN(C)C)C(=O)CCS(=O)(=O)c3ccc(F)cc3)nc12.Cl. The molecule has 0 aliphatic rings. The van der Waals surface area contributed by atoms with Crippen LogP contribution in [0.5, 0.6) is 5.75 Å². The van der Waals surface area contributed by atoms with Gasteiger partial charge in [-0.1, -0.05) is 17.4 Å². The first-order valence-electron chi connectivity index (χ1n) is 10.7. The standard InChI is InChI=1S/C23H28FN3O4S2.ClH/c1-4-31-19-7-5-8-20-22(19)25-23(32-20)27(15-6-14-26(2)3)21(28)13-16-33(29,30)18-11-9-17(24)10-12-18;/h5,7-12H,4,6,13-16H2,1-3H3;1H. The minimum atomic E-state index is -3.72. The molecule has 0 aliphatic carbocycles. The topological polar surface area (TPSA) is 79.8 Å². The van der Waals surface area contributed by atoms with Crippen LogP contribution < -0.4 is 9.64 Å². The molecular formula is C23H29ClFN3O4S2. The Labute approximate surface area is 209 Å². The number of rotatable bonds is 11. The smallest absolute Gasteiger partial charge is 0.229 e. The lowest BCUT2D eigenvalue weighted by Gasteiger charge is -2.21. The average Bonchev–Trinajstić information content (AvgIpc) is 3.20. The largest absolute Gasteiger partial charge is 0.492 e. The molecule has 1 amide bonds. The van der Waals surface area contributed by atoms with Gasteiger partial charge in [0.25, 0.3) is 0 Å². The maximum atomic E-state index is 13.2. The molecule has 1 heterocycles. The molecular weight excluding hydrogens is 501 g/mol. The van der Waals surface area contributed by atoms with E-state index >= 15 is 0 Å². The molecule has 0 radical (unpaired) electrons. The normalized spacial score (nSPS) is 11.4. The Bertz CT molecular complexity index is 1200. The first kappa shape index (κ1) is 28.0. The van der Waals surface area contributed by atoms with Crippen molar-refractivity contribution < 1.29 is 22.3 Å². The number of benzene rings is 2. The van der Waals surface area contributed by atoms with Gasteiger partial charge in [-0.3, -0.25) is 9.69 Å². The fourth-order valence-corrected chi connectivity index (χ4v) is 5.54. The molecule has 3 aromatic rings. The lowest BCUT2D eigenvalue weighted by Crippen LogP contribution is -2.34. The van der Waals surface area contributed by atoms with Gasteiger partial charge in [-0.25, -0.2) is 17.8 Å². The highest BCUT2D eigenvalue weighted by Crippen LogP contribution is 2.34. The summed E-state index contributed by atoms with van der Waals surface area (Å²) in [6, 6.07) is 10.3. The summed E-state index contributed by atoms with van der Waals surface area (Å²) in [5.41, 5.74) is 0.684. The van der Waals surface area contributed by atoms with Crippen LogP contribution in [0.15, 0.2) is 47.4 Å². The van der Waals surface area contributed by atoms with E-state index in [1.165, 1.54) is 23.5 Å². The molecule has 2 aromatic carbocycles. The van der Waals surface area contributed by atoms with Gasteiger partial charge in [-0.05, 0) is 70.4 Å². The first-order chi connectivity index (χ1) is 15.7. The molecule has 0 atom stereocenters. The molecule has 0 saturated carbocycles. The van der Waals surface area contributed by atoms with Crippen molar-refractivity contribution in [3.63, 3.8) is 0 Å². The van der Waals surface area contributed by atoms with Crippen LogP contribution in [0.4, 0.5) is 9.52 Å². The quantitative estimate of drug-likeness (QED) is 0.342. The molecule has 0 aliphatic heterocycles. The van der Waals surface area contributed by atoms with E-state index in [0.29, 0.717) is 36.0 Å². The van der Waals surface area contributed by atoms with E-state index in [-0.39, 0.29) is 35.4 Å². The molecule has 7 nitrogen and oxygen atoms in total. The highest BCUT2D eigenvalue weighted by molar-refractivity contribution is 7.91. The minimum Gasteiger partial charge on any atom is -0.492 e. The number of aromatic nitrogens is 1. The zero-order chi connectivity index (χ0) is 24.0. The molecule has 0 bridgehead atoms. The van der Waals surface area contributed by atoms with Crippen LogP contribution in [-0.2, 0) is 14.6 Å². The Hall–Kier alpha value is -2.27. The van der Waals surface area contributed by atoms with Crippen LogP contribution in [-0.4, -0.2) is 63.8 Å².